The van der Waals surface area contributed by atoms with Crippen LogP contribution >= 0.6 is 7.82 Å². The first-order valence-electron chi connectivity index (χ1n) is 28.2. The van der Waals surface area contributed by atoms with Gasteiger partial charge in [0.2, 0.25) is 5.91 Å². The Morgan fingerprint density at radius 3 is 1.52 bits per heavy atom. The van der Waals surface area contributed by atoms with E-state index >= 15 is 0 Å². The van der Waals surface area contributed by atoms with Crippen molar-refractivity contribution in [2.45, 2.75) is 226 Å². The van der Waals surface area contributed by atoms with Gasteiger partial charge >= 0.3 is 5.97 Å². The van der Waals surface area contributed by atoms with E-state index in [9.17, 15) is 19.0 Å². The minimum Gasteiger partial charge on any atom is -0.756 e. The molecule has 3 atom stereocenters. The predicted octanol–water partition coefficient (Wildman–Crippen LogP) is 16.4. The second-order valence-electron chi connectivity index (χ2n) is 19.7. The number of likely N-dealkylation sites (N-methyl/N-ethyl adjacent to an activating group) is 1. The van der Waals surface area contributed by atoms with Crippen LogP contribution in [0.2, 0.25) is 0 Å². The van der Waals surface area contributed by atoms with Gasteiger partial charge in [-0.25, -0.2) is 0 Å². The maximum absolute atomic E-state index is 13.5. The number of phosphoric ester groups is 1. The number of carbonyl (C=O) groups is 2. The van der Waals surface area contributed by atoms with Gasteiger partial charge in [-0.05, 0) is 96.0 Å². The number of quaternary nitrogens is 1. The zero-order chi connectivity index (χ0) is 52.2. The molecule has 0 aliphatic carbocycles. The number of esters is 1. The average Bonchev–Trinajstić information content (AvgIpc) is 3.33. The number of nitrogens with one attached hydrogen (secondary N) is 1. The van der Waals surface area contributed by atoms with E-state index < -0.39 is 26.6 Å². The molecule has 0 aliphatic heterocycles. The highest BCUT2D eigenvalue weighted by molar-refractivity contribution is 7.45. The summed E-state index contributed by atoms with van der Waals surface area (Å²) in [4.78, 5) is 39.8. The summed E-state index contributed by atoms with van der Waals surface area (Å²) in [5.74, 6) is -0.612. The molecule has 0 aromatic heterocycles. The van der Waals surface area contributed by atoms with Crippen molar-refractivity contribution >= 4 is 19.7 Å². The van der Waals surface area contributed by atoms with Crippen molar-refractivity contribution in [1.29, 1.82) is 0 Å². The Labute approximate surface area is 436 Å². The summed E-state index contributed by atoms with van der Waals surface area (Å²) in [6.45, 7) is 6.53. The Balaban J connectivity index is 5.46. The van der Waals surface area contributed by atoms with E-state index in [0.717, 1.165) is 109 Å². The van der Waals surface area contributed by atoms with E-state index in [1.807, 2.05) is 39.4 Å². The molecule has 0 aromatic carbocycles. The smallest absolute Gasteiger partial charge is 0.306 e. The quantitative estimate of drug-likeness (QED) is 0.0161. The van der Waals surface area contributed by atoms with Gasteiger partial charge in [-0.2, -0.15) is 0 Å². The molecular formula is C61H105N2O7P. The monoisotopic (exact) mass is 1010 g/mol. The Morgan fingerprint density at radius 2 is 0.972 bits per heavy atom. The fraction of sp³-hybridized carbons (Fsp3) is 0.672. The molecule has 0 bridgehead atoms. The average molecular weight is 1010 g/mol. The lowest BCUT2D eigenvalue weighted by atomic mass is 10.0. The fourth-order valence-corrected chi connectivity index (χ4v) is 8.15. The Hall–Kier alpha value is -3.33. The standard InChI is InChI=1S/C61H105N2O7P/c1-7-10-13-16-19-22-25-28-29-30-31-32-33-36-38-41-44-47-50-53-60(64)62-58(57-69-71(66,67)68-56-55-63(4,5)6)59(52-49-46-43-40-37-34-26-23-20-17-14-11-8-2)70-61(65)54-51-48-45-42-39-35-27-24-21-18-15-12-9-3/h10,12-13,15,18-19,21-22,24,27-29,31-32,36,38,49,52,58-59H,7-9,11,14,16-17,20,23,25-26,30,33-35,37,39-48,50-51,53-57H2,1-6H3,(H-,62,64,66,67)/b13-10-,15-12+,21-18+,22-19-,27-24-,29-28-,32-31-,38-36-,52-49-. The van der Waals surface area contributed by atoms with Crippen molar-refractivity contribution in [1.82, 2.24) is 5.32 Å². The molecule has 1 amide bonds. The Morgan fingerprint density at radius 1 is 0.521 bits per heavy atom. The minimum absolute atomic E-state index is 0.0385. The van der Waals surface area contributed by atoms with Gasteiger partial charge in [0.15, 0.2) is 0 Å². The van der Waals surface area contributed by atoms with Crippen molar-refractivity contribution < 1.29 is 37.3 Å². The molecule has 1 N–H and O–H groups in total. The van der Waals surface area contributed by atoms with Crippen LogP contribution in [0, 0.1) is 0 Å². The molecule has 0 aromatic rings. The van der Waals surface area contributed by atoms with E-state index in [-0.39, 0.29) is 31.3 Å². The number of amides is 1. The molecule has 0 rings (SSSR count). The number of unbranched alkanes of at least 4 members (excludes halogenated alkanes) is 19. The van der Waals surface area contributed by atoms with Crippen LogP contribution in [-0.2, 0) is 27.9 Å². The van der Waals surface area contributed by atoms with Crippen LogP contribution in [0.15, 0.2) is 109 Å². The summed E-state index contributed by atoms with van der Waals surface area (Å²) in [7, 11) is 1.13. The van der Waals surface area contributed by atoms with Gasteiger partial charge in [0, 0.05) is 12.8 Å². The van der Waals surface area contributed by atoms with Crippen LogP contribution in [-0.4, -0.2) is 69.4 Å². The highest BCUT2D eigenvalue weighted by atomic mass is 31.2. The summed E-state index contributed by atoms with van der Waals surface area (Å²) in [5, 5.41) is 2.99. The molecule has 0 saturated heterocycles. The summed E-state index contributed by atoms with van der Waals surface area (Å²) >= 11 is 0. The molecule has 9 nitrogen and oxygen atoms in total. The predicted molar refractivity (Wildman–Crippen MR) is 302 cm³/mol. The summed E-state index contributed by atoms with van der Waals surface area (Å²) in [5.41, 5.74) is 0. The molecular weight excluding hydrogens is 904 g/mol. The lowest BCUT2D eigenvalue weighted by Gasteiger charge is -2.30. The van der Waals surface area contributed by atoms with Crippen LogP contribution in [0.4, 0.5) is 0 Å². The second kappa shape index (κ2) is 50.2. The highest BCUT2D eigenvalue weighted by Crippen LogP contribution is 2.38. The third-order valence-corrected chi connectivity index (χ3v) is 12.7. The third-order valence-electron chi connectivity index (χ3n) is 11.8. The fourth-order valence-electron chi connectivity index (χ4n) is 7.43. The van der Waals surface area contributed by atoms with Gasteiger partial charge in [0.1, 0.15) is 19.3 Å². The van der Waals surface area contributed by atoms with Gasteiger partial charge in [-0.15, -0.1) is 0 Å². The summed E-state index contributed by atoms with van der Waals surface area (Å²) in [6, 6.07) is -0.920. The van der Waals surface area contributed by atoms with Gasteiger partial charge in [0.05, 0.1) is 33.8 Å². The Kier molecular flexibility index (Phi) is 47.9. The number of hydrogen-bond donors (Lipinski definition) is 1. The van der Waals surface area contributed by atoms with Gasteiger partial charge in [-0.3, -0.25) is 14.2 Å². The number of hydrogen-bond acceptors (Lipinski definition) is 7. The van der Waals surface area contributed by atoms with E-state index in [1.54, 1.807) is 0 Å². The minimum atomic E-state index is -4.71. The first-order chi connectivity index (χ1) is 34.4. The molecule has 3 unspecified atom stereocenters. The molecule has 406 valence electrons. The van der Waals surface area contributed by atoms with Crippen LogP contribution in [0.5, 0.6) is 0 Å². The molecule has 0 spiro atoms. The van der Waals surface area contributed by atoms with Gasteiger partial charge in [-0.1, -0.05) is 214 Å². The van der Waals surface area contributed by atoms with Crippen LogP contribution in [0.25, 0.3) is 0 Å². The molecule has 71 heavy (non-hydrogen) atoms. The molecule has 10 heteroatoms. The number of allylic oxidation sites excluding steroid dienone is 17. The largest absolute Gasteiger partial charge is 0.756 e. The molecule has 0 radical (unpaired) electrons. The number of phosphoric acid groups is 1. The summed E-state index contributed by atoms with van der Waals surface area (Å²) < 4.78 is 30.2. The highest BCUT2D eigenvalue weighted by Gasteiger charge is 2.27. The first-order valence-corrected chi connectivity index (χ1v) is 29.7. The number of ether oxygens (including phenoxy) is 1. The Bertz CT molecular complexity index is 1580. The normalized spacial score (nSPS) is 14.6. The van der Waals surface area contributed by atoms with Crippen molar-refractivity contribution in [3.8, 4) is 0 Å². The maximum Gasteiger partial charge on any atom is 0.306 e. The zero-order valence-corrected chi connectivity index (χ0v) is 47.0. The lowest BCUT2D eigenvalue weighted by molar-refractivity contribution is -0.870. The van der Waals surface area contributed by atoms with Crippen molar-refractivity contribution in [2.75, 3.05) is 40.9 Å². The first kappa shape index (κ1) is 67.7. The lowest BCUT2D eigenvalue weighted by Crippen LogP contribution is -2.47. The second-order valence-corrected chi connectivity index (χ2v) is 21.1. The van der Waals surface area contributed by atoms with Crippen molar-refractivity contribution in [3.05, 3.63) is 109 Å². The SMILES string of the molecule is CC/C=C\C/C=C\C/C=C\C/C=C\C/C=C\CCCCCC(=O)NC(COP(=O)([O-])OCC[N+](C)(C)C)C(/C=C\CCCCCCCCCCCCC)OC(=O)CCCCCCC\C=C/C=C/C=C/CC. The van der Waals surface area contributed by atoms with E-state index in [1.165, 1.54) is 57.8 Å². The van der Waals surface area contributed by atoms with Crippen LogP contribution in [0.1, 0.15) is 213 Å². The van der Waals surface area contributed by atoms with Gasteiger partial charge in [0.25, 0.3) is 7.82 Å². The molecule has 0 aliphatic rings. The van der Waals surface area contributed by atoms with E-state index in [2.05, 4.69) is 117 Å². The van der Waals surface area contributed by atoms with Crippen LogP contribution in [0.3, 0.4) is 0 Å². The number of rotatable bonds is 49. The third kappa shape index (κ3) is 51.4. The number of nitrogens with zero attached hydrogens (tertiary/aromatic N) is 1. The topological polar surface area (TPSA) is 114 Å². The molecule has 0 saturated carbocycles. The van der Waals surface area contributed by atoms with Gasteiger partial charge < -0.3 is 28.5 Å². The molecule has 0 fully saturated rings. The summed E-state index contributed by atoms with van der Waals surface area (Å²) in [6.07, 6.45) is 67.7. The van der Waals surface area contributed by atoms with E-state index in [0.29, 0.717) is 23.9 Å². The molecule has 0 heterocycles. The maximum atomic E-state index is 13.5. The van der Waals surface area contributed by atoms with E-state index in [4.69, 9.17) is 13.8 Å². The zero-order valence-electron chi connectivity index (χ0n) is 46.1. The number of carbonyl (C=O) groups excluding carboxylic acids is 2. The van der Waals surface area contributed by atoms with Crippen molar-refractivity contribution in [2.24, 2.45) is 0 Å². The van der Waals surface area contributed by atoms with Crippen molar-refractivity contribution in [3.63, 3.8) is 0 Å². The van der Waals surface area contributed by atoms with Crippen LogP contribution < -0.4 is 10.2 Å².